The van der Waals surface area contributed by atoms with Crippen molar-refractivity contribution in [3.63, 3.8) is 0 Å². The van der Waals surface area contributed by atoms with E-state index in [1.54, 1.807) is 12.1 Å². The minimum absolute atomic E-state index is 0.379. The molecule has 4 nitrogen and oxygen atoms in total. The van der Waals surface area contributed by atoms with Gasteiger partial charge in [0.25, 0.3) is 0 Å². The van der Waals surface area contributed by atoms with E-state index in [0.717, 1.165) is 11.3 Å². The first-order valence-corrected chi connectivity index (χ1v) is 7.40. The van der Waals surface area contributed by atoms with Crippen molar-refractivity contribution in [2.75, 3.05) is 26.0 Å². The molecule has 2 rings (SSSR count). The number of anilines is 1. The Kier molecular flexibility index (Phi) is 5.34. The SMILES string of the molecule is CN(C)c1ccccc1CN(C)C(C(N)=O)c1cccc(F)c1. The number of likely N-dealkylation sites (N-methyl/N-ethyl adjacent to an activating group) is 1. The summed E-state index contributed by atoms with van der Waals surface area (Å²) in [6.07, 6.45) is 0. The third-order valence-corrected chi connectivity index (χ3v) is 3.77. The molecule has 2 aromatic carbocycles. The summed E-state index contributed by atoms with van der Waals surface area (Å²) in [5, 5.41) is 0. The number of rotatable bonds is 6. The second kappa shape index (κ2) is 7.24. The molecule has 0 radical (unpaired) electrons. The van der Waals surface area contributed by atoms with Crippen LogP contribution in [-0.2, 0) is 11.3 Å². The highest BCUT2D eigenvalue weighted by molar-refractivity contribution is 5.81. The average molecular weight is 315 g/mol. The van der Waals surface area contributed by atoms with Crippen LogP contribution in [0.4, 0.5) is 10.1 Å². The van der Waals surface area contributed by atoms with Gasteiger partial charge in [0.15, 0.2) is 0 Å². The molecule has 0 heterocycles. The van der Waals surface area contributed by atoms with Gasteiger partial charge < -0.3 is 10.6 Å². The summed E-state index contributed by atoms with van der Waals surface area (Å²) < 4.78 is 13.5. The van der Waals surface area contributed by atoms with Gasteiger partial charge in [-0.25, -0.2) is 4.39 Å². The molecule has 0 aliphatic rings. The van der Waals surface area contributed by atoms with Gasteiger partial charge in [-0.2, -0.15) is 0 Å². The monoisotopic (exact) mass is 315 g/mol. The van der Waals surface area contributed by atoms with Crippen molar-refractivity contribution in [1.29, 1.82) is 0 Å². The first kappa shape index (κ1) is 17.0. The predicted octanol–water partition coefficient (Wildman–Crippen LogP) is 2.55. The van der Waals surface area contributed by atoms with Crippen LogP contribution in [0, 0.1) is 5.82 Å². The van der Waals surface area contributed by atoms with Gasteiger partial charge >= 0.3 is 0 Å². The number of carbonyl (C=O) groups is 1. The van der Waals surface area contributed by atoms with Crippen molar-refractivity contribution in [2.24, 2.45) is 5.73 Å². The number of primary amides is 1. The Balaban J connectivity index is 2.30. The van der Waals surface area contributed by atoms with Crippen LogP contribution < -0.4 is 10.6 Å². The predicted molar refractivity (Wildman–Crippen MR) is 90.6 cm³/mol. The second-order valence-corrected chi connectivity index (χ2v) is 5.80. The number of nitrogens with zero attached hydrogens (tertiary/aromatic N) is 2. The molecule has 0 saturated heterocycles. The Bertz CT molecular complexity index is 687. The van der Waals surface area contributed by atoms with Gasteiger partial charge in [-0.3, -0.25) is 9.69 Å². The van der Waals surface area contributed by atoms with Crippen LogP contribution in [0.2, 0.25) is 0 Å². The number of hydrogen-bond acceptors (Lipinski definition) is 3. The summed E-state index contributed by atoms with van der Waals surface area (Å²) in [6, 6.07) is 13.3. The minimum atomic E-state index is -0.680. The van der Waals surface area contributed by atoms with Gasteiger partial charge in [0, 0.05) is 26.3 Å². The fraction of sp³-hybridized carbons (Fsp3) is 0.278. The molecule has 23 heavy (non-hydrogen) atoms. The van der Waals surface area contributed by atoms with Crippen LogP contribution in [-0.4, -0.2) is 32.0 Å². The Labute approximate surface area is 136 Å². The highest BCUT2D eigenvalue weighted by atomic mass is 19.1. The molecule has 1 amide bonds. The van der Waals surface area contributed by atoms with Crippen LogP contribution in [0.1, 0.15) is 17.2 Å². The zero-order valence-electron chi connectivity index (χ0n) is 13.7. The number of nitrogens with two attached hydrogens (primary N) is 1. The summed E-state index contributed by atoms with van der Waals surface area (Å²) >= 11 is 0. The van der Waals surface area contributed by atoms with E-state index in [4.69, 9.17) is 5.73 Å². The molecule has 5 heteroatoms. The second-order valence-electron chi connectivity index (χ2n) is 5.80. The molecule has 2 N–H and O–H groups in total. The van der Waals surface area contributed by atoms with E-state index in [2.05, 4.69) is 0 Å². The molecule has 0 saturated carbocycles. The van der Waals surface area contributed by atoms with Crippen LogP contribution in [0.3, 0.4) is 0 Å². The molecule has 1 atom stereocenters. The molecular formula is C18H22FN3O. The lowest BCUT2D eigenvalue weighted by atomic mass is 10.0. The maximum absolute atomic E-state index is 13.5. The molecule has 0 aliphatic carbocycles. The maximum atomic E-state index is 13.5. The van der Waals surface area contributed by atoms with E-state index in [9.17, 15) is 9.18 Å². The normalized spacial score (nSPS) is 12.2. The molecule has 0 bridgehead atoms. The lowest BCUT2D eigenvalue weighted by Crippen LogP contribution is -2.35. The summed E-state index contributed by atoms with van der Waals surface area (Å²) in [6.45, 7) is 0.526. The number of amides is 1. The molecule has 0 fully saturated rings. The number of para-hydroxylation sites is 1. The van der Waals surface area contributed by atoms with Gasteiger partial charge in [-0.05, 0) is 36.4 Å². The number of halogens is 1. The maximum Gasteiger partial charge on any atom is 0.239 e. The fourth-order valence-electron chi connectivity index (χ4n) is 2.75. The molecule has 0 aromatic heterocycles. The van der Waals surface area contributed by atoms with Crippen molar-refractivity contribution >= 4 is 11.6 Å². The Morgan fingerprint density at radius 1 is 1.13 bits per heavy atom. The third-order valence-electron chi connectivity index (χ3n) is 3.77. The van der Waals surface area contributed by atoms with Crippen LogP contribution in [0.5, 0.6) is 0 Å². The zero-order valence-corrected chi connectivity index (χ0v) is 13.7. The van der Waals surface area contributed by atoms with E-state index < -0.39 is 11.9 Å². The molecule has 0 aliphatic heterocycles. The van der Waals surface area contributed by atoms with Crippen molar-refractivity contribution in [3.8, 4) is 0 Å². The minimum Gasteiger partial charge on any atom is -0.377 e. The van der Waals surface area contributed by atoms with Gasteiger partial charge in [-0.15, -0.1) is 0 Å². The standard InChI is InChI=1S/C18H22FN3O/c1-21(2)16-10-5-4-7-14(16)12-22(3)17(18(20)23)13-8-6-9-15(19)11-13/h4-11,17H,12H2,1-3H3,(H2,20,23). The highest BCUT2D eigenvalue weighted by Gasteiger charge is 2.24. The molecule has 2 aromatic rings. The van der Waals surface area contributed by atoms with E-state index in [1.165, 1.54) is 12.1 Å². The zero-order chi connectivity index (χ0) is 17.0. The van der Waals surface area contributed by atoms with Crippen molar-refractivity contribution in [2.45, 2.75) is 12.6 Å². The van der Waals surface area contributed by atoms with Crippen LogP contribution in [0.25, 0.3) is 0 Å². The highest BCUT2D eigenvalue weighted by Crippen LogP contribution is 2.25. The summed E-state index contributed by atoms with van der Waals surface area (Å²) in [4.78, 5) is 15.8. The molecule has 0 spiro atoms. The number of carbonyl (C=O) groups excluding carboxylic acids is 1. The molecule has 122 valence electrons. The Hall–Kier alpha value is -2.40. The number of hydrogen-bond donors (Lipinski definition) is 1. The molecular weight excluding hydrogens is 293 g/mol. The van der Waals surface area contributed by atoms with Crippen molar-refractivity contribution < 1.29 is 9.18 Å². The smallest absolute Gasteiger partial charge is 0.239 e. The fourth-order valence-corrected chi connectivity index (χ4v) is 2.75. The third kappa shape index (κ3) is 4.07. The van der Waals surface area contributed by atoms with Gasteiger partial charge in [0.2, 0.25) is 5.91 Å². The summed E-state index contributed by atoms with van der Waals surface area (Å²) in [7, 11) is 5.75. The quantitative estimate of drug-likeness (QED) is 0.891. The van der Waals surface area contributed by atoms with Crippen molar-refractivity contribution in [3.05, 3.63) is 65.5 Å². The number of benzene rings is 2. The lowest BCUT2D eigenvalue weighted by molar-refractivity contribution is -0.123. The summed E-state index contributed by atoms with van der Waals surface area (Å²) in [5.41, 5.74) is 8.26. The van der Waals surface area contributed by atoms with E-state index in [0.29, 0.717) is 12.1 Å². The topological polar surface area (TPSA) is 49.6 Å². The summed E-state index contributed by atoms with van der Waals surface area (Å²) in [5.74, 6) is -0.878. The molecule has 1 unspecified atom stereocenters. The van der Waals surface area contributed by atoms with E-state index in [1.807, 2.05) is 55.2 Å². The van der Waals surface area contributed by atoms with E-state index in [-0.39, 0.29) is 5.82 Å². The van der Waals surface area contributed by atoms with Crippen LogP contribution in [0.15, 0.2) is 48.5 Å². The first-order chi connectivity index (χ1) is 10.9. The van der Waals surface area contributed by atoms with Gasteiger partial charge in [0.1, 0.15) is 11.9 Å². The largest absolute Gasteiger partial charge is 0.377 e. The first-order valence-electron chi connectivity index (χ1n) is 7.40. The van der Waals surface area contributed by atoms with Crippen LogP contribution >= 0.6 is 0 Å². The lowest BCUT2D eigenvalue weighted by Gasteiger charge is -2.28. The van der Waals surface area contributed by atoms with Crippen molar-refractivity contribution in [1.82, 2.24) is 4.90 Å². The Morgan fingerprint density at radius 2 is 1.83 bits per heavy atom. The average Bonchev–Trinajstić information content (AvgIpc) is 2.47. The van der Waals surface area contributed by atoms with Gasteiger partial charge in [-0.1, -0.05) is 30.3 Å². The van der Waals surface area contributed by atoms with Gasteiger partial charge in [0.05, 0.1) is 0 Å². The Morgan fingerprint density at radius 3 is 2.43 bits per heavy atom. The van der Waals surface area contributed by atoms with E-state index >= 15 is 0 Å².